The van der Waals surface area contributed by atoms with Crippen molar-refractivity contribution in [2.75, 3.05) is 27.2 Å². The number of benzene rings is 1. The molecule has 0 spiro atoms. The third kappa shape index (κ3) is 2.15. The molecule has 0 bridgehead atoms. The van der Waals surface area contributed by atoms with Crippen LogP contribution >= 0.6 is 0 Å². The first-order valence-electron chi connectivity index (χ1n) is 7.09. The molecule has 100 valence electrons. The minimum absolute atomic E-state index is 0.339. The third-order valence-electron chi connectivity index (χ3n) is 4.37. The molecule has 22 heavy (non-hydrogen) atoms. The SMILES string of the molecule is [B]c1c(OC)c([B])c2[nH]c3c(c2c1[B])CCN(C)CC3([B])[B]. The van der Waals surface area contributed by atoms with Gasteiger partial charge in [0.1, 0.15) is 29.3 Å². The summed E-state index contributed by atoms with van der Waals surface area (Å²) >= 11 is 0. The van der Waals surface area contributed by atoms with E-state index < -0.39 is 5.21 Å². The van der Waals surface area contributed by atoms with E-state index in [2.05, 4.69) is 9.88 Å². The lowest BCUT2D eigenvalue weighted by molar-refractivity contribution is 0.337. The molecule has 1 aliphatic rings. The maximum absolute atomic E-state index is 6.31. The van der Waals surface area contributed by atoms with Crippen molar-refractivity contribution in [3.05, 3.63) is 11.3 Å². The lowest BCUT2D eigenvalue weighted by Crippen LogP contribution is -2.39. The van der Waals surface area contributed by atoms with Crippen LogP contribution in [0.1, 0.15) is 11.3 Å². The van der Waals surface area contributed by atoms with E-state index in [1.165, 1.54) is 7.11 Å². The summed E-state index contributed by atoms with van der Waals surface area (Å²) in [5.41, 5.74) is 3.60. The molecule has 3 nitrogen and oxygen atoms in total. The van der Waals surface area contributed by atoms with Crippen molar-refractivity contribution in [3.63, 3.8) is 0 Å². The standard InChI is InChI=1S/C14H13B5N2O/c1-21-4-3-6-7-8(15)9(16)12(22-2)10(17)11(7)20-13(6)14(18,19)5-21/h20H,3-5H2,1-2H3. The molecular weight excluding hydrogens is 266 g/mol. The van der Waals surface area contributed by atoms with E-state index >= 15 is 0 Å². The fourth-order valence-corrected chi connectivity index (χ4v) is 3.33. The highest BCUT2D eigenvalue weighted by atomic mass is 16.5. The predicted octanol–water partition coefficient (Wildman–Crippen LogP) is -2.46. The molecule has 0 atom stereocenters. The largest absolute Gasteiger partial charge is 0.498 e. The van der Waals surface area contributed by atoms with Crippen LogP contribution in [0.15, 0.2) is 0 Å². The van der Waals surface area contributed by atoms with Crippen molar-refractivity contribution in [2.24, 2.45) is 0 Å². The first-order chi connectivity index (χ1) is 10.3. The number of methoxy groups -OCH3 is 1. The van der Waals surface area contributed by atoms with Gasteiger partial charge in [0, 0.05) is 17.8 Å². The third-order valence-corrected chi connectivity index (χ3v) is 4.37. The molecule has 0 aliphatic carbocycles. The number of H-pyrrole nitrogens is 1. The van der Waals surface area contributed by atoms with E-state index in [-0.39, 0.29) is 0 Å². The minimum Gasteiger partial charge on any atom is -0.498 e. The van der Waals surface area contributed by atoms with E-state index in [1.807, 2.05) is 7.05 Å². The molecule has 3 rings (SSSR count). The van der Waals surface area contributed by atoms with Gasteiger partial charge in [0.15, 0.2) is 0 Å². The molecule has 2 aromatic rings. The van der Waals surface area contributed by atoms with Gasteiger partial charge in [0.2, 0.25) is 0 Å². The number of likely N-dealkylation sites (N-methyl/N-ethyl adjacent to an activating group) is 1. The van der Waals surface area contributed by atoms with Crippen molar-refractivity contribution in [2.45, 2.75) is 11.6 Å². The fraction of sp³-hybridized carbons (Fsp3) is 0.429. The normalized spacial score (nSPS) is 18.1. The number of aromatic amines is 1. The van der Waals surface area contributed by atoms with Gasteiger partial charge in [-0.15, -0.1) is 0 Å². The minimum atomic E-state index is -1.01. The Morgan fingerprint density at radius 1 is 1.14 bits per heavy atom. The molecule has 0 unspecified atom stereocenters. The van der Waals surface area contributed by atoms with Crippen LogP contribution in [0.2, 0.25) is 0 Å². The molecule has 1 aliphatic heterocycles. The van der Waals surface area contributed by atoms with Crippen molar-refractivity contribution >= 4 is 66.5 Å². The summed E-state index contributed by atoms with van der Waals surface area (Å²) in [6.07, 6.45) is 0.761. The second-order valence-corrected chi connectivity index (χ2v) is 6.03. The second kappa shape index (κ2) is 5.19. The first-order valence-corrected chi connectivity index (χ1v) is 7.09. The Morgan fingerprint density at radius 3 is 2.45 bits per heavy atom. The molecule has 0 amide bonds. The quantitative estimate of drug-likeness (QED) is 0.586. The molecule has 1 aromatic carbocycles. The van der Waals surface area contributed by atoms with Crippen LogP contribution in [0.25, 0.3) is 10.9 Å². The molecule has 0 fully saturated rings. The smallest absolute Gasteiger partial charge is 0.121 e. The Bertz CT molecular complexity index is 756. The Morgan fingerprint density at radius 2 is 1.82 bits per heavy atom. The zero-order valence-corrected chi connectivity index (χ0v) is 12.9. The topological polar surface area (TPSA) is 28.3 Å². The number of aromatic nitrogens is 1. The van der Waals surface area contributed by atoms with E-state index in [4.69, 9.17) is 44.0 Å². The molecule has 10 radical (unpaired) electrons. The van der Waals surface area contributed by atoms with Gasteiger partial charge < -0.3 is 14.6 Å². The highest BCUT2D eigenvalue weighted by Gasteiger charge is 2.31. The second-order valence-electron chi connectivity index (χ2n) is 6.03. The highest BCUT2D eigenvalue weighted by molar-refractivity contribution is 6.58. The monoisotopic (exact) mass is 280 g/mol. The number of rotatable bonds is 1. The Kier molecular flexibility index (Phi) is 3.71. The van der Waals surface area contributed by atoms with E-state index in [9.17, 15) is 0 Å². The average Bonchev–Trinajstić information content (AvgIpc) is 2.79. The summed E-state index contributed by atoms with van der Waals surface area (Å²) in [5, 5.41) is -0.220. The Balaban J connectivity index is 2.39. The van der Waals surface area contributed by atoms with Gasteiger partial charge in [-0.1, -0.05) is 10.9 Å². The number of fused-ring (bicyclic) bond motifs is 3. The highest BCUT2D eigenvalue weighted by Crippen LogP contribution is 2.31. The lowest BCUT2D eigenvalue weighted by atomic mass is 9.52. The van der Waals surface area contributed by atoms with E-state index in [0.717, 1.165) is 29.6 Å². The van der Waals surface area contributed by atoms with Gasteiger partial charge in [0.25, 0.3) is 0 Å². The maximum Gasteiger partial charge on any atom is 0.121 e. The summed E-state index contributed by atoms with van der Waals surface area (Å²) in [6, 6.07) is 0. The molecule has 0 saturated heterocycles. The summed E-state index contributed by atoms with van der Waals surface area (Å²) in [6.45, 7) is 1.35. The molecule has 1 N–H and O–H groups in total. The number of hydrogen-bond acceptors (Lipinski definition) is 2. The maximum atomic E-state index is 6.31. The van der Waals surface area contributed by atoms with E-state index in [0.29, 0.717) is 34.2 Å². The summed E-state index contributed by atoms with van der Waals surface area (Å²) in [4.78, 5) is 5.35. The van der Waals surface area contributed by atoms with Gasteiger partial charge in [-0.3, -0.25) is 0 Å². The number of ether oxygens (including phenoxy) is 1. The van der Waals surface area contributed by atoms with Gasteiger partial charge >= 0.3 is 0 Å². The Hall–Kier alpha value is -1.16. The lowest BCUT2D eigenvalue weighted by Gasteiger charge is -2.28. The first kappa shape index (κ1) is 15.7. The van der Waals surface area contributed by atoms with Crippen LogP contribution in [0.5, 0.6) is 5.75 Å². The average molecular weight is 279 g/mol. The Labute approximate surface area is 137 Å². The summed E-state index contributed by atoms with van der Waals surface area (Å²) < 4.78 is 5.27. The zero-order chi connectivity index (χ0) is 16.2. The van der Waals surface area contributed by atoms with Crippen LogP contribution in [-0.2, 0) is 11.6 Å². The van der Waals surface area contributed by atoms with Crippen molar-refractivity contribution in [1.29, 1.82) is 0 Å². The van der Waals surface area contributed by atoms with Crippen molar-refractivity contribution in [1.82, 2.24) is 9.88 Å². The number of hydrogen-bond donors (Lipinski definition) is 1. The molecule has 0 saturated carbocycles. The van der Waals surface area contributed by atoms with Crippen LogP contribution in [0.4, 0.5) is 0 Å². The fourth-order valence-electron chi connectivity index (χ4n) is 3.33. The van der Waals surface area contributed by atoms with E-state index in [1.54, 1.807) is 0 Å². The van der Waals surface area contributed by atoms with Crippen LogP contribution in [-0.4, -0.2) is 76.4 Å². The predicted molar refractivity (Wildman–Crippen MR) is 95.4 cm³/mol. The summed E-state index contributed by atoms with van der Waals surface area (Å²) in [5.74, 6) is 0.373. The zero-order valence-electron chi connectivity index (χ0n) is 12.9. The van der Waals surface area contributed by atoms with Gasteiger partial charge in [-0.25, -0.2) is 0 Å². The van der Waals surface area contributed by atoms with Crippen molar-refractivity contribution < 1.29 is 4.74 Å². The molecule has 2 heterocycles. The van der Waals surface area contributed by atoms with Crippen molar-refractivity contribution in [3.8, 4) is 5.75 Å². The molecule has 1 aromatic heterocycles. The number of nitrogens with zero attached hydrogens (tertiary/aromatic N) is 1. The van der Waals surface area contributed by atoms with Crippen LogP contribution in [0.3, 0.4) is 0 Å². The van der Waals surface area contributed by atoms with Gasteiger partial charge in [-0.05, 0) is 41.6 Å². The van der Waals surface area contributed by atoms with Crippen LogP contribution in [0, 0.1) is 0 Å². The molecular formula is C14H13B5N2O. The van der Waals surface area contributed by atoms with Crippen LogP contribution < -0.4 is 21.1 Å². The molecule has 8 heteroatoms. The summed E-state index contributed by atoms with van der Waals surface area (Å²) in [7, 11) is 34.6. The van der Waals surface area contributed by atoms with Gasteiger partial charge in [0.05, 0.1) is 22.8 Å². The number of nitrogens with one attached hydrogen (secondary N) is 1. The van der Waals surface area contributed by atoms with Gasteiger partial charge in [-0.2, -0.15) is 0 Å².